The minimum absolute atomic E-state index is 0.186. The Morgan fingerprint density at radius 3 is 2.26 bits per heavy atom. The van der Waals surface area contributed by atoms with Gasteiger partial charge in [0.2, 0.25) is 11.9 Å². The number of nitrogens with one attached hydrogen (secondary N) is 1. The van der Waals surface area contributed by atoms with Crippen molar-refractivity contribution in [2.24, 2.45) is 5.92 Å². The molecule has 9 heteroatoms. The third-order valence-corrected chi connectivity index (χ3v) is 8.48. The molecule has 2 aromatic carbocycles. The fourth-order valence-electron chi connectivity index (χ4n) is 5.79. The van der Waals surface area contributed by atoms with E-state index in [0.29, 0.717) is 55.2 Å². The summed E-state index contributed by atoms with van der Waals surface area (Å²) in [5.41, 5.74) is 3.39. The molecule has 0 bridgehead atoms. The van der Waals surface area contributed by atoms with Crippen LogP contribution in [0.1, 0.15) is 59.3 Å². The van der Waals surface area contributed by atoms with Crippen LogP contribution in [0.5, 0.6) is 0 Å². The largest absolute Gasteiger partial charge is 0.444 e. The minimum Gasteiger partial charge on any atom is -0.444 e. The number of benzene rings is 2. The van der Waals surface area contributed by atoms with E-state index in [1.165, 1.54) is 0 Å². The smallest absolute Gasteiger partial charge is 0.410 e. The number of carbonyl (C=O) groups is 2. The van der Waals surface area contributed by atoms with Crippen molar-refractivity contribution >= 4 is 29.5 Å². The highest BCUT2D eigenvalue weighted by Gasteiger charge is 2.28. The van der Waals surface area contributed by atoms with Gasteiger partial charge in [-0.05, 0) is 76.0 Å². The Bertz CT molecular complexity index is 1390. The number of anilines is 1. The molecule has 0 spiro atoms. The molecule has 2 aliphatic rings. The van der Waals surface area contributed by atoms with Gasteiger partial charge in [0.15, 0.2) is 0 Å². The maximum Gasteiger partial charge on any atom is 0.410 e. The number of piperidine rings is 2. The first kappa shape index (κ1) is 30.8. The molecule has 228 valence electrons. The van der Waals surface area contributed by atoms with Crippen LogP contribution in [0.15, 0.2) is 60.8 Å². The van der Waals surface area contributed by atoms with Crippen molar-refractivity contribution < 1.29 is 14.3 Å². The Hall–Kier alpha value is -3.65. The number of aromatic nitrogens is 2. The summed E-state index contributed by atoms with van der Waals surface area (Å²) < 4.78 is 5.49. The van der Waals surface area contributed by atoms with Gasteiger partial charge in [-0.25, -0.2) is 14.8 Å². The van der Waals surface area contributed by atoms with Gasteiger partial charge in [-0.3, -0.25) is 4.79 Å². The number of ether oxygens (including phenoxy) is 1. The first-order valence-electron chi connectivity index (χ1n) is 15.4. The average Bonchev–Trinajstić information content (AvgIpc) is 3.01. The number of rotatable bonds is 7. The van der Waals surface area contributed by atoms with Crippen LogP contribution < -0.4 is 5.32 Å². The second-order valence-electron chi connectivity index (χ2n) is 12.6. The second-order valence-corrected chi connectivity index (χ2v) is 13.0. The number of hydrogen-bond acceptors (Lipinski definition) is 6. The summed E-state index contributed by atoms with van der Waals surface area (Å²) in [5, 5.41) is 3.98. The quantitative estimate of drug-likeness (QED) is 0.305. The van der Waals surface area contributed by atoms with Gasteiger partial charge in [0, 0.05) is 44.2 Å². The molecule has 1 N–H and O–H groups in total. The maximum absolute atomic E-state index is 13.0. The molecule has 3 aromatic rings. The molecule has 0 atom stereocenters. The summed E-state index contributed by atoms with van der Waals surface area (Å²) in [6.07, 6.45) is 6.34. The van der Waals surface area contributed by atoms with Crippen LogP contribution in [0.2, 0.25) is 5.02 Å². The summed E-state index contributed by atoms with van der Waals surface area (Å²) in [4.78, 5) is 38.3. The maximum atomic E-state index is 13.0. The fraction of sp³-hybridized carbons (Fsp3) is 0.471. The molecule has 2 fully saturated rings. The Balaban J connectivity index is 1.08. The van der Waals surface area contributed by atoms with Crippen LogP contribution in [-0.2, 0) is 9.53 Å². The van der Waals surface area contributed by atoms with Gasteiger partial charge >= 0.3 is 6.09 Å². The van der Waals surface area contributed by atoms with E-state index in [-0.39, 0.29) is 18.0 Å². The van der Waals surface area contributed by atoms with Gasteiger partial charge in [0.25, 0.3) is 0 Å². The molecular formula is C34H42ClN5O3. The van der Waals surface area contributed by atoms with Crippen LogP contribution in [0.4, 0.5) is 10.7 Å². The van der Waals surface area contributed by atoms with E-state index in [1.54, 1.807) is 11.1 Å². The number of halogens is 1. The topological polar surface area (TPSA) is 87.7 Å². The highest BCUT2D eigenvalue weighted by molar-refractivity contribution is 6.32. The first-order valence-corrected chi connectivity index (χ1v) is 15.7. The molecule has 0 unspecified atom stereocenters. The summed E-state index contributed by atoms with van der Waals surface area (Å²) >= 11 is 6.54. The molecule has 8 nitrogen and oxygen atoms in total. The standard InChI is InChI=1S/C34H42ClN5O3/c1-34(2,3)43-33(42)40-18-14-24(15-19-40)12-13-30(41)39-20-16-28(17-21-39)37-32-36-23-29(35)31(38-32)27-11-7-10-26(22-27)25-8-5-4-6-9-25/h4-11,22-24,28H,12-21H2,1-3H3,(H,36,37,38). The lowest BCUT2D eigenvalue weighted by Crippen LogP contribution is -2.43. The van der Waals surface area contributed by atoms with Gasteiger partial charge < -0.3 is 19.9 Å². The number of carbonyl (C=O) groups excluding carboxylic acids is 2. The zero-order valence-corrected chi connectivity index (χ0v) is 26.1. The normalized spacial score (nSPS) is 16.7. The highest BCUT2D eigenvalue weighted by atomic mass is 35.5. The van der Waals surface area contributed by atoms with Crippen molar-refractivity contribution in [1.29, 1.82) is 0 Å². The van der Waals surface area contributed by atoms with E-state index < -0.39 is 5.60 Å². The average molecular weight is 604 g/mol. The van der Waals surface area contributed by atoms with Crippen LogP contribution in [0.3, 0.4) is 0 Å². The minimum atomic E-state index is -0.483. The Morgan fingerprint density at radius 2 is 1.56 bits per heavy atom. The molecule has 5 rings (SSSR count). The first-order chi connectivity index (χ1) is 20.6. The molecule has 2 aliphatic heterocycles. The molecule has 0 saturated carbocycles. The van der Waals surface area contributed by atoms with E-state index in [9.17, 15) is 9.59 Å². The molecular weight excluding hydrogens is 562 g/mol. The van der Waals surface area contributed by atoms with Gasteiger partial charge in [-0.1, -0.05) is 60.1 Å². The summed E-state index contributed by atoms with van der Waals surface area (Å²) in [6.45, 7) is 8.47. The molecule has 0 aliphatic carbocycles. The summed E-state index contributed by atoms with van der Waals surface area (Å²) in [6, 6.07) is 18.6. The van der Waals surface area contributed by atoms with Crippen LogP contribution in [0.25, 0.3) is 22.4 Å². The fourth-order valence-corrected chi connectivity index (χ4v) is 5.99. The Labute approximate surface area is 259 Å². The zero-order chi connectivity index (χ0) is 30.4. The monoisotopic (exact) mass is 603 g/mol. The molecule has 2 amide bonds. The predicted molar refractivity (Wildman–Crippen MR) is 171 cm³/mol. The van der Waals surface area contributed by atoms with E-state index in [1.807, 2.05) is 56.0 Å². The highest BCUT2D eigenvalue weighted by Crippen LogP contribution is 2.31. The van der Waals surface area contributed by atoms with E-state index in [0.717, 1.165) is 48.8 Å². The molecule has 1 aromatic heterocycles. The van der Waals surface area contributed by atoms with Crippen LogP contribution in [-0.4, -0.2) is 69.6 Å². The summed E-state index contributed by atoms with van der Waals surface area (Å²) in [7, 11) is 0. The van der Waals surface area contributed by atoms with Crippen molar-refractivity contribution in [2.45, 2.75) is 70.9 Å². The van der Waals surface area contributed by atoms with Crippen molar-refractivity contribution in [3.8, 4) is 22.4 Å². The van der Waals surface area contributed by atoms with E-state index >= 15 is 0 Å². The van der Waals surface area contributed by atoms with Crippen molar-refractivity contribution in [3.05, 3.63) is 65.8 Å². The second kappa shape index (κ2) is 13.8. The van der Waals surface area contributed by atoms with Gasteiger partial charge in [-0.15, -0.1) is 0 Å². The number of nitrogens with zero attached hydrogens (tertiary/aromatic N) is 4. The lowest BCUT2D eigenvalue weighted by molar-refractivity contribution is -0.132. The van der Waals surface area contributed by atoms with Crippen LogP contribution in [0, 0.1) is 5.92 Å². The SMILES string of the molecule is CC(C)(C)OC(=O)N1CCC(CCC(=O)N2CCC(Nc3ncc(Cl)c(-c4cccc(-c5ccccc5)c4)n3)CC2)CC1. The molecule has 0 radical (unpaired) electrons. The molecule has 43 heavy (non-hydrogen) atoms. The molecule has 3 heterocycles. The Kier molecular flexibility index (Phi) is 9.86. The third kappa shape index (κ3) is 8.47. The third-order valence-electron chi connectivity index (χ3n) is 8.20. The van der Waals surface area contributed by atoms with E-state index in [2.05, 4.69) is 34.6 Å². The molecule has 2 saturated heterocycles. The zero-order valence-electron chi connectivity index (χ0n) is 25.4. The predicted octanol–water partition coefficient (Wildman–Crippen LogP) is 7.29. The van der Waals surface area contributed by atoms with Gasteiger partial charge in [0.05, 0.1) is 16.9 Å². The van der Waals surface area contributed by atoms with Gasteiger partial charge in [-0.2, -0.15) is 0 Å². The Morgan fingerprint density at radius 1 is 0.907 bits per heavy atom. The van der Waals surface area contributed by atoms with Crippen LogP contribution >= 0.6 is 11.6 Å². The summed E-state index contributed by atoms with van der Waals surface area (Å²) in [5.74, 6) is 1.23. The van der Waals surface area contributed by atoms with Gasteiger partial charge in [0.1, 0.15) is 5.60 Å². The lowest BCUT2D eigenvalue weighted by atomic mass is 9.92. The van der Waals surface area contributed by atoms with E-state index in [4.69, 9.17) is 21.3 Å². The van der Waals surface area contributed by atoms with Crippen molar-refractivity contribution in [2.75, 3.05) is 31.5 Å². The van der Waals surface area contributed by atoms with Crippen molar-refractivity contribution in [1.82, 2.24) is 19.8 Å². The number of hydrogen-bond donors (Lipinski definition) is 1. The van der Waals surface area contributed by atoms with Crippen molar-refractivity contribution in [3.63, 3.8) is 0 Å². The lowest BCUT2D eigenvalue weighted by Gasteiger charge is -2.34. The number of likely N-dealkylation sites (tertiary alicyclic amines) is 2. The number of amides is 2.